The van der Waals surface area contributed by atoms with E-state index in [2.05, 4.69) is 53.8 Å². The second-order valence-corrected chi connectivity index (χ2v) is 10.1. The first kappa shape index (κ1) is 21.0. The lowest BCUT2D eigenvalue weighted by atomic mass is 9.96. The Bertz CT molecular complexity index is 964. The van der Waals surface area contributed by atoms with Crippen LogP contribution in [0.25, 0.3) is 0 Å². The van der Waals surface area contributed by atoms with Crippen molar-refractivity contribution in [1.82, 2.24) is 9.97 Å². The monoisotopic (exact) mass is 440 g/mol. The van der Waals surface area contributed by atoms with Gasteiger partial charge in [0.1, 0.15) is 5.82 Å². The minimum atomic E-state index is 0.361. The Hall–Kier alpha value is -1.85. The largest absolute Gasteiger partial charge is 0.381 e. The number of anilines is 2. The molecule has 1 aromatic heterocycles. The number of fused-ring (bicyclic) bond motifs is 3. The highest BCUT2D eigenvalue weighted by Gasteiger charge is 2.43. The number of hydrogen-bond acceptors (Lipinski definition) is 5. The van der Waals surface area contributed by atoms with Crippen LogP contribution in [0.4, 0.5) is 11.5 Å². The molecule has 3 aliphatic heterocycles. The maximum atomic E-state index is 6.42. The van der Waals surface area contributed by atoms with Crippen molar-refractivity contribution >= 4 is 23.1 Å². The molecule has 6 heteroatoms. The average Bonchev–Trinajstić information content (AvgIpc) is 3.02. The van der Waals surface area contributed by atoms with E-state index in [0.29, 0.717) is 29.4 Å². The molecule has 5 nitrogen and oxygen atoms in total. The van der Waals surface area contributed by atoms with Crippen molar-refractivity contribution in [3.05, 3.63) is 45.9 Å². The molecule has 5 rings (SSSR count). The van der Waals surface area contributed by atoms with E-state index in [4.69, 9.17) is 21.3 Å². The number of nitrogens with zero attached hydrogens (tertiary/aromatic N) is 4. The molecule has 2 saturated heterocycles. The summed E-state index contributed by atoms with van der Waals surface area (Å²) >= 11 is 6.42. The van der Waals surface area contributed by atoms with Gasteiger partial charge < -0.3 is 14.5 Å². The van der Waals surface area contributed by atoms with Gasteiger partial charge >= 0.3 is 0 Å². The number of aromatic nitrogens is 2. The number of halogens is 1. The van der Waals surface area contributed by atoms with Crippen LogP contribution in [0.1, 0.15) is 67.8 Å². The molecule has 31 heavy (non-hydrogen) atoms. The van der Waals surface area contributed by atoms with E-state index in [1.807, 2.05) is 7.11 Å². The van der Waals surface area contributed by atoms with Crippen molar-refractivity contribution in [1.29, 1.82) is 0 Å². The predicted octanol–water partition coefficient (Wildman–Crippen LogP) is 5.27. The number of rotatable bonds is 4. The highest BCUT2D eigenvalue weighted by atomic mass is 35.5. The van der Waals surface area contributed by atoms with Crippen molar-refractivity contribution in [2.24, 2.45) is 0 Å². The second-order valence-electron chi connectivity index (χ2n) is 9.74. The van der Waals surface area contributed by atoms with Gasteiger partial charge in [0.15, 0.2) is 0 Å². The van der Waals surface area contributed by atoms with Gasteiger partial charge in [-0.15, -0.1) is 0 Å². The molecule has 0 radical (unpaired) electrons. The zero-order chi connectivity index (χ0) is 21.7. The van der Waals surface area contributed by atoms with Crippen molar-refractivity contribution in [3.8, 4) is 0 Å². The smallest absolute Gasteiger partial charge is 0.224 e. The van der Waals surface area contributed by atoms with Gasteiger partial charge in [-0.3, -0.25) is 0 Å². The molecule has 0 N–H and O–H groups in total. The van der Waals surface area contributed by atoms with Gasteiger partial charge in [0, 0.05) is 50.0 Å². The molecule has 3 aliphatic rings. The Morgan fingerprint density at radius 1 is 1.13 bits per heavy atom. The van der Waals surface area contributed by atoms with Crippen LogP contribution in [-0.2, 0) is 17.7 Å². The number of hydrogen-bond donors (Lipinski definition) is 0. The standard InChI is InChI=1S/C25H33ClN4O/c1-15(2)17-6-5-16(3)23(11-17)29-10-9-22-21(14-29)24(28-25(26)27-22)30-18-7-8-19(30)13-20(12-18)31-4/h5-6,11,15,18-20H,7-10,12-14H2,1-4H3/t18-,19+,20+. The highest BCUT2D eigenvalue weighted by molar-refractivity contribution is 6.28. The number of aryl methyl sites for hydroxylation is 1. The zero-order valence-electron chi connectivity index (χ0n) is 19.1. The Morgan fingerprint density at radius 2 is 1.87 bits per heavy atom. The first-order chi connectivity index (χ1) is 14.9. The van der Waals surface area contributed by atoms with Gasteiger partial charge in [-0.25, -0.2) is 9.97 Å². The van der Waals surface area contributed by atoms with Gasteiger partial charge in [0.2, 0.25) is 5.28 Å². The maximum Gasteiger partial charge on any atom is 0.224 e. The van der Waals surface area contributed by atoms with E-state index in [9.17, 15) is 0 Å². The summed E-state index contributed by atoms with van der Waals surface area (Å²) in [4.78, 5) is 14.5. The van der Waals surface area contributed by atoms with E-state index in [1.54, 1.807) is 0 Å². The molecule has 0 aliphatic carbocycles. The fourth-order valence-corrected chi connectivity index (χ4v) is 5.96. The SMILES string of the molecule is CO[C@H]1C[C@H]2CC[C@@H](C1)N2c1nc(Cl)nc2c1CN(c1cc(C(C)C)ccc1C)CC2. The lowest BCUT2D eigenvalue weighted by molar-refractivity contribution is 0.0681. The van der Waals surface area contributed by atoms with Gasteiger partial charge in [0.25, 0.3) is 0 Å². The molecule has 2 bridgehead atoms. The Balaban J connectivity index is 1.50. The molecule has 166 valence electrons. The number of ether oxygens (including phenoxy) is 1. The van der Waals surface area contributed by atoms with E-state index < -0.39 is 0 Å². The molecule has 0 saturated carbocycles. The minimum absolute atomic E-state index is 0.361. The average molecular weight is 441 g/mol. The third-order valence-corrected chi connectivity index (χ3v) is 7.69. The predicted molar refractivity (Wildman–Crippen MR) is 126 cm³/mol. The van der Waals surface area contributed by atoms with Crippen LogP contribution < -0.4 is 9.80 Å². The fourth-order valence-electron chi connectivity index (χ4n) is 5.78. The number of piperidine rings is 1. The Kier molecular flexibility index (Phi) is 5.59. The van der Waals surface area contributed by atoms with Gasteiger partial charge in [-0.05, 0) is 67.3 Å². The summed E-state index contributed by atoms with van der Waals surface area (Å²) < 4.78 is 5.72. The topological polar surface area (TPSA) is 41.5 Å². The van der Waals surface area contributed by atoms with Crippen molar-refractivity contribution in [2.45, 2.75) is 83.5 Å². The summed E-state index contributed by atoms with van der Waals surface area (Å²) in [6.07, 6.45) is 5.82. The minimum Gasteiger partial charge on any atom is -0.381 e. The third kappa shape index (κ3) is 3.80. The summed E-state index contributed by atoms with van der Waals surface area (Å²) in [6, 6.07) is 7.86. The molecule has 0 spiro atoms. The maximum absolute atomic E-state index is 6.42. The molecular weight excluding hydrogens is 408 g/mol. The first-order valence-corrected chi connectivity index (χ1v) is 12.0. The zero-order valence-corrected chi connectivity index (χ0v) is 19.8. The summed E-state index contributed by atoms with van der Waals surface area (Å²) in [7, 11) is 1.84. The van der Waals surface area contributed by atoms with Gasteiger partial charge in [-0.2, -0.15) is 0 Å². The van der Waals surface area contributed by atoms with Gasteiger partial charge in [0.05, 0.1) is 11.8 Å². The van der Waals surface area contributed by atoms with Crippen LogP contribution in [0.3, 0.4) is 0 Å². The molecule has 2 fully saturated rings. The second kappa shape index (κ2) is 8.25. The van der Waals surface area contributed by atoms with E-state index in [0.717, 1.165) is 43.9 Å². The van der Waals surface area contributed by atoms with Crippen LogP contribution >= 0.6 is 11.6 Å². The highest BCUT2D eigenvalue weighted by Crippen LogP contribution is 2.42. The van der Waals surface area contributed by atoms with Crippen LogP contribution in [-0.4, -0.2) is 41.8 Å². The van der Waals surface area contributed by atoms with Crippen molar-refractivity contribution in [3.63, 3.8) is 0 Å². The van der Waals surface area contributed by atoms with Crippen LogP contribution in [0.5, 0.6) is 0 Å². The van der Waals surface area contributed by atoms with Crippen LogP contribution in [0, 0.1) is 6.92 Å². The fraction of sp³-hybridized carbons (Fsp3) is 0.600. The van der Waals surface area contributed by atoms with E-state index in [1.165, 1.54) is 35.2 Å². The molecule has 0 unspecified atom stereocenters. The van der Waals surface area contributed by atoms with E-state index in [-0.39, 0.29) is 0 Å². The molecule has 2 aromatic rings. The molecule has 0 amide bonds. The molecule has 3 atom stereocenters. The summed E-state index contributed by atoms with van der Waals surface area (Å²) in [5.74, 6) is 1.59. The van der Waals surface area contributed by atoms with Crippen LogP contribution in [0.15, 0.2) is 18.2 Å². The van der Waals surface area contributed by atoms with Gasteiger partial charge in [-0.1, -0.05) is 26.0 Å². The lowest BCUT2D eigenvalue weighted by Crippen LogP contribution is -2.47. The summed E-state index contributed by atoms with van der Waals surface area (Å²) in [5.41, 5.74) is 6.43. The van der Waals surface area contributed by atoms with E-state index >= 15 is 0 Å². The van der Waals surface area contributed by atoms with Crippen LogP contribution in [0.2, 0.25) is 5.28 Å². The first-order valence-electron chi connectivity index (χ1n) is 11.7. The number of benzene rings is 1. The summed E-state index contributed by atoms with van der Waals surface area (Å²) in [6.45, 7) is 8.53. The number of methoxy groups -OCH3 is 1. The molecule has 1 aromatic carbocycles. The third-order valence-electron chi connectivity index (χ3n) is 7.52. The molecular formula is C25H33ClN4O. The summed E-state index contributed by atoms with van der Waals surface area (Å²) in [5, 5.41) is 0.383. The Labute approximate surface area is 190 Å². The van der Waals surface area contributed by atoms with Crippen molar-refractivity contribution < 1.29 is 4.74 Å². The Morgan fingerprint density at radius 3 is 2.55 bits per heavy atom. The normalized spacial score (nSPS) is 25.3. The lowest BCUT2D eigenvalue weighted by Gasteiger charge is -2.41. The quantitative estimate of drug-likeness (QED) is 0.605. The molecule has 4 heterocycles. The van der Waals surface area contributed by atoms with Crippen molar-refractivity contribution in [2.75, 3.05) is 23.5 Å².